The average molecular weight is 698 g/mol. The lowest BCUT2D eigenvalue weighted by molar-refractivity contribution is 0.651. The van der Waals surface area contributed by atoms with Crippen molar-refractivity contribution in [3.8, 4) is 33.4 Å². The normalized spacial score (nSPS) is 14.5. The lowest BCUT2D eigenvalue weighted by atomic mass is 9.80. The van der Waals surface area contributed by atoms with Crippen LogP contribution >= 0.6 is 11.3 Å². The Hall–Kier alpha value is -5.96. The summed E-state index contributed by atoms with van der Waals surface area (Å²) in [4.78, 5) is 2.36. The Morgan fingerprint density at radius 2 is 1.15 bits per heavy atom. The summed E-state index contributed by atoms with van der Waals surface area (Å²) in [7, 11) is 0. The van der Waals surface area contributed by atoms with Gasteiger partial charge in [-0.1, -0.05) is 129 Å². The third-order valence-corrected chi connectivity index (χ3v) is 12.5. The first kappa shape index (κ1) is 31.7. The van der Waals surface area contributed by atoms with E-state index in [1.807, 2.05) is 11.3 Å². The number of para-hydroxylation sites is 1. The van der Waals surface area contributed by atoms with Crippen LogP contribution in [0.4, 0.5) is 17.1 Å². The van der Waals surface area contributed by atoms with Gasteiger partial charge in [0.05, 0.1) is 0 Å². The zero-order valence-corrected chi connectivity index (χ0v) is 30.8. The summed E-state index contributed by atoms with van der Waals surface area (Å²) >= 11 is 1.87. The van der Waals surface area contributed by atoms with Gasteiger partial charge in [0.1, 0.15) is 0 Å². The fourth-order valence-corrected chi connectivity index (χ4v) is 9.86. The van der Waals surface area contributed by atoms with Crippen LogP contribution in [0.5, 0.6) is 0 Å². The van der Waals surface area contributed by atoms with Crippen LogP contribution in [0.2, 0.25) is 0 Å². The van der Waals surface area contributed by atoms with E-state index in [0.29, 0.717) is 0 Å². The molecule has 0 saturated heterocycles. The van der Waals surface area contributed by atoms with Crippen molar-refractivity contribution in [3.63, 3.8) is 0 Å². The van der Waals surface area contributed by atoms with Gasteiger partial charge in [-0.3, -0.25) is 0 Å². The fourth-order valence-electron chi connectivity index (χ4n) is 8.73. The largest absolute Gasteiger partial charge is 0.310 e. The van der Waals surface area contributed by atoms with E-state index >= 15 is 0 Å². The maximum Gasteiger partial charge on any atom is 0.0467 e. The van der Waals surface area contributed by atoms with Gasteiger partial charge in [0, 0.05) is 42.6 Å². The molecule has 0 atom stereocenters. The molecule has 53 heavy (non-hydrogen) atoms. The first-order valence-corrected chi connectivity index (χ1v) is 19.5. The van der Waals surface area contributed by atoms with Crippen molar-refractivity contribution < 1.29 is 0 Å². The number of thiophene rings is 1. The Morgan fingerprint density at radius 3 is 1.98 bits per heavy atom. The number of allylic oxidation sites excluding steroid dienone is 4. The molecule has 1 heterocycles. The molecule has 0 spiro atoms. The first-order chi connectivity index (χ1) is 26.0. The molecule has 2 heteroatoms. The number of hydrogen-bond acceptors (Lipinski definition) is 2. The highest BCUT2D eigenvalue weighted by atomic mass is 32.1. The molecule has 1 aromatic heterocycles. The number of fused-ring (bicyclic) bond motifs is 5. The zero-order chi connectivity index (χ0) is 35.5. The van der Waals surface area contributed by atoms with Crippen LogP contribution in [0.3, 0.4) is 0 Å². The minimum absolute atomic E-state index is 0.0559. The summed E-state index contributed by atoms with van der Waals surface area (Å²) in [5.74, 6) is 0. The van der Waals surface area contributed by atoms with Gasteiger partial charge < -0.3 is 4.90 Å². The van der Waals surface area contributed by atoms with E-state index in [4.69, 9.17) is 0 Å². The first-order valence-electron chi connectivity index (χ1n) is 18.6. The maximum atomic E-state index is 2.44. The van der Waals surface area contributed by atoms with Crippen LogP contribution in [0.15, 0.2) is 182 Å². The molecule has 254 valence electrons. The van der Waals surface area contributed by atoms with Crippen LogP contribution in [-0.2, 0) is 5.41 Å². The minimum atomic E-state index is 0.0559. The molecule has 0 amide bonds. The number of hydrogen-bond donors (Lipinski definition) is 0. The van der Waals surface area contributed by atoms with E-state index in [0.717, 1.165) is 29.9 Å². The van der Waals surface area contributed by atoms with Gasteiger partial charge in [0.15, 0.2) is 0 Å². The van der Waals surface area contributed by atoms with Gasteiger partial charge in [-0.2, -0.15) is 0 Å². The van der Waals surface area contributed by atoms with E-state index in [1.165, 1.54) is 75.8 Å². The zero-order valence-electron chi connectivity index (χ0n) is 30.0. The average Bonchev–Trinajstić information content (AvgIpc) is 3.71. The molecule has 2 aliphatic rings. The Labute approximate surface area is 315 Å². The lowest BCUT2D eigenvalue weighted by Crippen LogP contribution is -2.16. The smallest absolute Gasteiger partial charge is 0.0467 e. The number of rotatable bonds is 6. The highest BCUT2D eigenvalue weighted by Gasteiger charge is 2.37. The summed E-state index contributed by atoms with van der Waals surface area (Å²) in [6.07, 6.45) is 6.96. The Morgan fingerprint density at radius 1 is 0.509 bits per heavy atom. The van der Waals surface area contributed by atoms with E-state index < -0.39 is 0 Å². The standard InChI is InChI=1S/C51H39NS/c1-51(2)46-22-8-6-19-43(46)45-33-38(27-30-47(45)51)36-14-10-13-35(31-36)37-15-11-18-41(32-37)52(39-16-4-3-5-17-39)40-28-25-34(26-29-40)42-21-12-24-49-50(42)44-20-7-9-23-48(44)53-49/h3-5,7-18,20-33H,6,19H2,1-2H3. The van der Waals surface area contributed by atoms with Crippen LogP contribution in [-0.4, -0.2) is 0 Å². The maximum absolute atomic E-state index is 2.44. The molecule has 0 bridgehead atoms. The van der Waals surface area contributed by atoms with Crippen LogP contribution in [0.25, 0.3) is 59.1 Å². The topological polar surface area (TPSA) is 3.24 Å². The van der Waals surface area contributed by atoms with Crippen molar-refractivity contribution >= 4 is 54.1 Å². The minimum Gasteiger partial charge on any atom is -0.310 e. The van der Waals surface area contributed by atoms with Crippen molar-refractivity contribution in [2.75, 3.05) is 4.90 Å². The monoisotopic (exact) mass is 697 g/mol. The molecule has 0 N–H and O–H groups in total. The molecule has 0 radical (unpaired) electrons. The predicted octanol–water partition coefficient (Wildman–Crippen LogP) is 14.9. The summed E-state index contributed by atoms with van der Waals surface area (Å²) in [6.45, 7) is 4.74. The van der Waals surface area contributed by atoms with Crippen molar-refractivity contribution in [3.05, 3.63) is 193 Å². The van der Waals surface area contributed by atoms with Crippen LogP contribution < -0.4 is 4.90 Å². The molecule has 0 aliphatic heterocycles. The van der Waals surface area contributed by atoms with Crippen molar-refractivity contribution in [2.45, 2.75) is 32.1 Å². The molecule has 10 rings (SSSR count). The second-order valence-electron chi connectivity index (χ2n) is 14.8. The molecular weight excluding hydrogens is 659 g/mol. The number of anilines is 3. The lowest BCUT2D eigenvalue weighted by Gasteiger charge is -2.26. The third kappa shape index (κ3) is 5.36. The van der Waals surface area contributed by atoms with Gasteiger partial charge in [-0.25, -0.2) is 0 Å². The fraction of sp³-hybridized carbons (Fsp3) is 0.0980. The number of nitrogens with zero attached hydrogens (tertiary/aromatic N) is 1. The van der Waals surface area contributed by atoms with Gasteiger partial charge >= 0.3 is 0 Å². The Balaban J connectivity index is 1.01. The van der Waals surface area contributed by atoms with E-state index in [9.17, 15) is 0 Å². The molecule has 0 saturated carbocycles. The van der Waals surface area contributed by atoms with E-state index in [-0.39, 0.29) is 5.41 Å². The van der Waals surface area contributed by atoms with Gasteiger partial charge in [-0.05, 0) is 129 Å². The molecule has 0 unspecified atom stereocenters. The molecule has 1 nitrogen and oxygen atoms in total. The third-order valence-electron chi connectivity index (χ3n) is 11.3. The molecule has 8 aromatic rings. The van der Waals surface area contributed by atoms with Crippen molar-refractivity contribution in [1.82, 2.24) is 0 Å². The summed E-state index contributed by atoms with van der Waals surface area (Å²) in [5, 5.41) is 2.67. The summed E-state index contributed by atoms with van der Waals surface area (Å²) in [6, 6.07) is 60.4. The number of benzene rings is 7. The molecule has 7 aromatic carbocycles. The van der Waals surface area contributed by atoms with Gasteiger partial charge in [0.25, 0.3) is 0 Å². The Bertz CT molecular complexity index is 2740. The quantitative estimate of drug-likeness (QED) is 0.167. The summed E-state index contributed by atoms with van der Waals surface area (Å²) in [5.41, 5.74) is 16.8. The highest BCUT2D eigenvalue weighted by molar-refractivity contribution is 7.25. The van der Waals surface area contributed by atoms with E-state index in [1.54, 1.807) is 0 Å². The highest BCUT2D eigenvalue weighted by Crippen LogP contribution is 2.51. The Kier molecular flexibility index (Phi) is 7.56. The molecule has 0 fully saturated rings. The van der Waals surface area contributed by atoms with Crippen molar-refractivity contribution in [2.24, 2.45) is 0 Å². The second kappa shape index (κ2) is 12.6. The van der Waals surface area contributed by atoms with E-state index in [2.05, 4.69) is 195 Å². The molecular formula is C51H39NS. The van der Waals surface area contributed by atoms with Gasteiger partial charge in [-0.15, -0.1) is 11.3 Å². The second-order valence-corrected chi connectivity index (χ2v) is 15.9. The predicted molar refractivity (Wildman–Crippen MR) is 229 cm³/mol. The van der Waals surface area contributed by atoms with Crippen LogP contribution in [0.1, 0.15) is 37.8 Å². The SMILES string of the molecule is CC1(C)C2=C(CCC=C2)c2cc(-c3cccc(-c4cccc(N(c5ccccc5)c5ccc(-c6cccc7sc8ccccc8c67)cc5)c4)c3)ccc21. The molecule has 2 aliphatic carbocycles. The summed E-state index contributed by atoms with van der Waals surface area (Å²) < 4.78 is 2.66. The van der Waals surface area contributed by atoms with Crippen molar-refractivity contribution in [1.29, 1.82) is 0 Å². The van der Waals surface area contributed by atoms with Crippen LogP contribution in [0, 0.1) is 0 Å². The van der Waals surface area contributed by atoms with Gasteiger partial charge in [0.2, 0.25) is 0 Å².